The van der Waals surface area contributed by atoms with Crippen molar-refractivity contribution in [2.45, 2.75) is 18.8 Å². The lowest BCUT2D eigenvalue weighted by molar-refractivity contribution is -0.385. The zero-order valence-electron chi connectivity index (χ0n) is 12.4. The number of aromatic nitrogens is 2. The lowest BCUT2D eigenvalue weighted by atomic mass is 9.91. The largest absolute Gasteiger partial charge is 0.355 e. The van der Waals surface area contributed by atoms with E-state index in [2.05, 4.69) is 16.0 Å². The Bertz CT molecular complexity index is 757. The molecule has 3 heterocycles. The summed E-state index contributed by atoms with van der Waals surface area (Å²) in [6, 6.07) is 7.28. The molecule has 1 aliphatic heterocycles. The maximum absolute atomic E-state index is 10.8. The molecule has 0 unspecified atom stereocenters. The maximum Gasteiger partial charge on any atom is 0.289 e. The molecule has 7 heteroatoms. The van der Waals surface area contributed by atoms with Gasteiger partial charge in [-0.05, 0) is 24.5 Å². The first-order chi connectivity index (χ1) is 11.2. The fourth-order valence-corrected chi connectivity index (χ4v) is 2.94. The molecule has 0 aromatic carbocycles. The number of rotatable bonds is 3. The number of hydrogen-bond acceptors (Lipinski definition) is 6. The van der Waals surface area contributed by atoms with Crippen LogP contribution < -0.4 is 4.90 Å². The molecule has 0 spiro atoms. The summed E-state index contributed by atoms with van der Waals surface area (Å²) >= 11 is 0. The molecule has 2 aromatic rings. The van der Waals surface area contributed by atoms with E-state index in [0.717, 1.165) is 31.5 Å². The van der Waals surface area contributed by atoms with Crippen molar-refractivity contribution in [2.75, 3.05) is 18.0 Å². The summed E-state index contributed by atoms with van der Waals surface area (Å²) in [5, 5.41) is 20.1. The summed E-state index contributed by atoms with van der Waals surface area (Å²) in [5.41, 5.74) is 1.25. The van der Waals surface area contributed by atoms with Crippen molar-refractivity contribution in [3.8, 4) is 6.07 Å². The zero-order chi connectivity index (χ0) is 16.2. The Morgan fingerprint density at radius 1 is 1.43 bits per heavy atom. The lowest BCUT2D eigenvalue weighted by Crippen LogP contribution is -2.35. The summed E-state index contributed by atoms with van der Waals surface area (Å²) in [6.07, 6.45) is 6.85. The molecule has 1 atom stereocenters. The number of anilines is 1. The summed E-state index contributed by atoms with van der Waals surface area (Å²) in [6.45, 7) is 1.52. The first kappa shape index (κ1) is 14.9. The molecule has 0 aliphatic carbocycles. The Kier molecular flexibility index (Phi) is 4.15. The monoisotopic (exact) mass is 309 g/mol. The first-order valence-corrected chi connectivity index (χ1v) is 7.38. The summed E-state index contributed by atoms with van der Waals surface area (Å²) < 4.78 is 0. The van der Waals surface area contributed by atoms with E-state index >= 15 is 0 Å². The van der Waals surface area contributed by atoms with Gasteiger partial charge in [-0.25, -0.2) is 4.98 Å². The number of nitro groups is 1. The fraction of sp³-hybridized carbons (Fsp3) is 0.312. The van der Waals surface area contributed by atoms with Crippen molar-refractivity contribution in [1.82, 2.24) is 9.97 Å². The van der Waals surface area contributed by atoms with Gasteiger partial charge in [-0.1, -0.05) is 6.07 Å². The highest BCUT2D eigenvalue weighted by Crippen LogP contribution is 2.31. The third kappa shape index (κ3) is 3.11. The minimum absolute atomic E-state index is 0.161. The molecule has 1 saturated heterocycles. The molecule has 0 saturated carbocycles. The van der Waals surface area contributed by atoms with E-state index in [1.807, 2.05) is 23.2 Å². The Morgan fingerprint density at radius 3 is 3.00 bits per heavy atom. The van der Waals surface area contributed by atoms with Crippen LogP contribution in [0.3, 0.4) is 0 Å². The smallest absolute Gasteiger partial charge is 0.289 e. The predicted molar refractivity (Wildman–Crippen MR) is 84.0 cm³/mol. The Morgan fingerprint density at radius 2 is 2.30 bits per heavy atom. The maximum atomic E-state index is 10.8. The van der Waals surface area contributed by atoms with Gasteiger partial charge < -0.3 is 4.90 Å². The van der Waals surface area contributed by atoms with E-state index < -0.39 is 4.92 Å². The van der Waals surface area contributed by atoms with Gasteiger partial charge in [0.15, 0.2) is 0 Å². The van der Waals surface area contributed by atoms with Crippen LogP contribution in [0.5, 0.6) is 0 Å². The summed E-state index contributed by atoms with van der Waals surface area (Å²) in [7, 11) is 0. The lowest BCUT2D eigenvalue weighted by Gasteiger charge is -2.34. The molecule has 116 valence electrons. The van der Waals surface area contributed by atoms with Crippen LogP contribution in [0.25, 0.3) is 0 Å². The highest BCUT2D eigenvalue weighted by molar-refractivity contribution is 5.57. The number of nitriles is 1. The van der Waals surface area contributed by atoms with Gasteiger partial charge in [-0.15, -0.1) is 0 Å². The Hall–Kier alpha value is -3.01. The SMILES string of the molecule is N#Cc1cc([N+](=O)[O-])cnc1N1CCC[C@@H](c2cccnc2)C1. The molecule has 7 nitrogen and oxygen atoms in total. The minimum atomic E-state index is -0.535. The number of pyridine rings is 2. The van der Waals surface area contributed by atoms with Crippen LogP contribution in [0.1, 0.15) is 29.9 Å². The quantitative estimate of drug-likeness (QED) is 0.638. The average molecular weight is 309 g/mol. The predicted octanol–water partition coefficient (Wildman–Crippen LogP) is 2.64. The highest BCUT2D eigenvalue weighted by atomic mass is 16.6. The molecular formula is C16H15N5O2. The normalized spacial score (nSPS) is 17.5. The molecule has 1 aliphatic rings. The second-order valence-corrected chi connectivity index (χ2v) is 5.51. The molecule has 2 aromatic heterocycles. The van der Waals surface area contributed by atoms with E-state index in [4.69, 9.17) is 0 Å². The van der Waals surface area contributed by atoms with Crippen LogP contribution in [0, 0.1) is 21.4 Å². The van der Waals surface area contributed by atoms with Crippen LogP contribution in [0.2, 0.25) is 0 Å². The number of piperidine rings is 1. The summed E-state index contributed by atoms with van der Waals surface area (Å²) in [4.78, 5) is 20.7. The van der Waals surface area contributed by atoms with E-state index in [1.54, 1.807) is 6.20 Å². The van der Waals surface area contributed by atoms with Gasteiger partial charge in [0, 0.05) is 37.5 Å². The second-order valence-electron chi connectivity index (χ2n) is 5.51. The van der Waals surface area contributed by atoms with Gasteiger partial charge in [-0.3, -0.25) is 15.1 Å². The fourth-order valence-electron chi connectivity index (χ4n) is 2.94. The van der Waals surface area contributed by atoms with Crippen molar-refractivity contribution in [3.63, 3.8) is 0 Å². The van der Waals surface area contributed by atoms with E-state index in [0.29, 0.717) is 11.7 Å². The van der Waals surface area contributed by atoms with Crippen LogP contribution in [0.4, 0.5) is 11.5 Å². The van der Waals surface area contributed by atoms with E-state index in [9.17, 15) is 15.4 Å². The number of hydrogen-bond donors (Lipinski definition) is 0. The molecule has 0 N–H and O–H groups in total. The van der Waals surface area contributed by atoms with Gasteiger partial charge >= 0.3 is 0 Å². The molecule has 0 amide bonds. The van der Waals surface area contributed by atoms with Crippen molar-refractivity contribution >= 4 is 11.5 Å². The molecule has 3 rings (SSSR count). The van der Waals surface area contributed by atoms with Crippen molar-refractivity contribution < 1.29 is 4.92 Å². The molecule has 1 fully saturated rings. The van der Waals surface area contributed by atoms with Crippen LogP contribution in [-0.2, 0) is 0 Å². The standard InChI is InChI=1S/C16H15N5O2/c17-8-14-7-15(21(22)23)10-19-16(14)20-6-2-4-13(11-20)12-3-1-5-18-9-12/h1,3,5,7,9-10,13H,2,4,6,11H2/t13-/m1/s1. The van der Waals surface area contributed by atoms with Crippen LogP contribution in [-0.4, -0.2) is 28.0 Å². The van der Waals surface area contributed by atoms with E-state index in [-0.39, 0.29) is 11.3 Å². The molecule has 0 bridgehead atoms. The van der Waals surface area contributed by atoms with Gasteiger partial charge in [0.1, 0.15) is 23.6 Å². The topological polar surface area (TPSA) is 95.9 Å². The van der Waals surface area contributed by atoms with Gasteiger partial charge in [0.25, 0.3) is 5.69 Å². The number of nitrogens with zero attached hydrogens (tertiary/aromatic N) is 5. The zero-order valence-corrected chi connectivity index (χ0v) is 12.4. The molecular weight excluding hydrogens is 294 g/mol. The highest BCUT2D eigenvalue weighted by Gasteiger charge is 2.25. The molecule has 0 radical (unpaired) electrons. The first-order valence-electron chi connectivity index (χ1n) is 7.38. The summed E-state index contributed by atoms with van der Waals surface area (Å²) in [5.74, 6) is 0.840. The molecule has 23 heavy (non-hydrogen) atoms. The van der Waals surface area contributed by atoms with Crippen LogP contribution >= 0.6 is 0 Å². The van der Waals surface area contributed by atoms with Crippen LogP contribution in [0.15, 0.2) is 36.8 Å². The third-order valence-electron chi connectivity index (χ3n) is 4.06. The Labute approximate surface area is 133 Å². The third-order valence-corrected chi connectivity index (χ3v) is 4.06. The second kappa shape index (κ2) is 6.40. The van der Waals surface area contributed by atoms with Gasteiger partial charge in [0.2, 0.25) is 0 Å². The van der Waals surface area contributed by atoms with Gasteiger partial charge in [-0.2, -0.15) is 5.26 Å². The average Bonchev–Trinajstić information content (AvgIpc) is 2.62. The van der Waals surface area contributed by atoms with Gasteiger partial charge in [0.05, 0.1) is 4.92 Å². The van der Waals surface area contributed by atoms with E-state index in [1.165, 1.54) is 12.3 Å². The van der Waals surface area contributed by atoms with Crippen molar-refractivity contribution in [3.05, 3.63) is 58.0 Å². The van der Waals surface area contributed by atoms with Crippen molar-refractivity contribution in [2.24, 2.45) is 0 Å². The Balaban J connectivity index is 1.87. The minimum Gasteiger partial charge on any atom is -0.355 e. The van der Waals surface area contributed by atoms with Crippen molar-refractivity contribution in [1.29, 1.82) is 5.26 Å².